The summed E-state index contributed by atoms with van der Waals surface area (Å²) in [5, 5.41) is 6.16. The molecule has 2 N–H and O–H groups in total. The average Bonchev–Trinajstić information content (AvgIpc) is 2.74. The zero-order chi connectivity index (χ0) is 21.3. The predicted octanol–water partition coefficient (Wildman–Crippen LogP) is 4.63. The molecule has 0 aliphatic carbocycles. The third-order valence-electron chi connectivity index (χ3n) is 5.34. The number of hydrogen-bond acceptors (Lipinski definition) is 2. The van der Waals surface area contributed by atoms with Crippen LogP contribution in [0.3, 0.4) is 0 Å². The monoisotopic (exact) mass is 394 g/mol. The van der Waals surface area contributed by atoms with E-state index in [0.717, 1.165) is 24.0 Å². The number of amides is 2. The maximum Gasteiger partial charge on any atom is 0.227 e. The molecule has 0 fully saturated rings. The number of rotatable bonds is 10. The lowest BCUT2D eigenvalue weighted by atomic mass is 9.90. The standard InChI is InChI=1S/C25H34N2O2/c1-5-21(19-13-9-7-10-14-19)23(28)26-17-25(3,4)18-27-24(29)22(6-2)20-15-11-8-12-16-20/h7-16,21-22H,5-6,17-18H2,1-4H3,(H,26,28)(H,27,29)/t21-,22+. The summed E-state index contributed by atoms with van der Waals surface area (Å²) in [6.07, 6.45) is 1.50. The van der Waals surface area contributed by atoms with E-state index in [1.165, 1.54) is 0 Å². The minimum absolute atomic E-state index is 0.0359. The van der Waals surface area contributed by atoms with Crippen LogP contribution in [0.15, 0.2) is 60.7 Å². The third kappa shape index (κ3) is 6.74. The Morgan fingerprint density at radius 2 is 1.07 bits per heavy atom. The molecule has 0 saturated carbocycles. The van der Waals surface area contributed by atoms with Gasteiger partial charge < -0.3 is 10.6 Å². The molecule has 4 nitrogen and oxygen atoms in total. The van der Waals surface area contributed by atoms with E-state index in [0.29, 0.717) is 13.1 Å². The van der Waals surface area contributed by atoms with Crippen molar-refractivity contribution in [3.05, 3.63) is 71.8 Å². The molecule has 0 aliphatic rings. The van der Waals surface area contributed by atoms with Gasteiger partial charge >= 0.3 is 0 Å². The second-order valence-corrected chi connectivity index (χ2v) is 8.34. The van der Waals surface area contributed by atoms with E-state index in [2.05, 4.69) is 24.5 Å². The van der Waals surface area contributed by atoms with Crippen LogP contribution in [0.1, 0.15) is 63.5 Å². The molecule has 0 unspecified atom stereocenters. The molecule has 29 heavy (non-hydrogen) atoms. The van der Waals surface area contributed by atoms with E-state index in [1.54, 1.807) is 0 Å². The van der Waals surface area contributed by atoms with Crippen molar-refractivity contribution >= 4 is 11.8 Å². The molecule has 156 valence electrons. The maximum absolute atomic E-state index is 12.7. The van der Waals surface area contributed by atoms with Crippen LogP contribution in [0.4, 0.5) is 0 Å². The lowest BCUT2D eigenvalue weighted by Gasteiger charge is -2.27. The van der Waals surface area contributed by atoms with Crippen molar-refractivity contribution < 1.29 is 9.59 Å². The van der Waals surface area contributed by atoms with Crippen LogP contribution in [-0.2, 0) is 9.59 Å². The Hall–Kier alpha value is -2.62. The molecule has 2 atom stereocenters. The zero-order valence-corrected chi connectivity index (χ0v) is 18.1. The van der Waals surface area contributed by atoms with Crippen molar-refractivity contribution in [3.63, 3.8) is 0 Å². The van der Waals surface area contributed by atoms with Crippen LogP contribution in [0.5, 0.6) is 0 Å². The molecule has 0 heterocycles. The molecule has 2 rings (SSSR count). The van der Waals surface area contributed by atoms with Gasteiger partial charge in [-0.3, -0.25) is 9.59 Å². The largest absolute Gasteiger partial charge is 0.355 e. The normalized spacial score (nSPS) is 13.4. The van der Waals surface area contributed by atoms with Crippen LogP contribution in [0.2, 0.25) is 0 Å². The highest BCUT2D eigenvalue weighted by Gasteiger charge is 2.25. The van der Waals surface area contributed by atoms with Gasteiger partial charge in [0.1, 0.15) is 0 Å². The molecule has 2 aromatic rings. The van der Waals surface area contributed by atoms with Gasteiger partial charge in [0, 0.05) is 13.1 Å². The van der Waals surface area contributed by atoms with Gasteiger partial charge in [0.05, 0.1) is 11.8 Å². The molecule has 2 aromatic carbocycles. The third-order valence-corrected chi connectivity index (χ3v) is 5.34. The fraction of sp³-hybridized carbons (Fsp3) is 0.440. The molecule has 0 spiro atoms. The van der Waals surface area contributed by atoms with Gasteiger partial charge in [-0.05, 0) is 29.4 Å². The van der Waals surface area contributed by atoms with Gasteiger partial charge in [0.25, 0.3) is 0 Å². The van der Waals surface area contributed by atoms with Crippen molar-refractivity contribution in [2.45, 2.75) is 52.4 Å². The van der Waals surface area contributed by atoms with Gasteiger partial charge in [-0.15, -0.1) is 0 Å². The van der Waals surface area contributed by atoms with Crippen LogP contribution >= 0.6 is 0 Å². The summed E-state index contributed by atoms with van der Waals surface area (Å²) in [5.74, 6) is -0.226. The van der Waals surface area contributed by atoms with Gasteiger partial charge in [-0.2, -0.15) is 0 Å². The Morgan fingerprint density at radius 1 is 0.724 bits per heavy atom. The van der Waals surface area contributed by atoms with E-state index < -0.39 is 0 Å². The lowest BCUT2D eigenvalue weighted by Crippen LogP contribution is -2.44. The molecule has 0 radical (unpaired) electrons. The Kier molecular flexibility index (Phi) is 8.44. The van der Waals surface area contributed by atoms with E-state index in [4.69, 9.17) is 0 Å². The second kappa shape index (κ2) is 10.8. The first-order valence-corrected chi connectivity index (χ1v) is 10.5. The van der Waals surface area contributed by atoms with Crippen LogP contribution in [-0.4, -0.2) is 24.9 Å². The minimum Gasteiger partial charge on any atom is -0.355 e. The summed E-state index contributed by atoms with van der Waals surface area (Å²) in [5.41, 5.74) is 1.83. The number of hydrogen-bond donors (Lipinski definition) is 2. The van der Waals surface area contributed by atoms with E-state index in [-0.39, 0.29) is 29.1 Å². The van der Waals surface area contributed by atoms with Gasteiger partial charge in [-0.25, -0.2) is 0 Å². The SMILES string of the molecule is CC[C@H](C(=O)NCC(C)(C)CNC(=O)[C@H](CC)c1ccccc1)c1ccccc1. The molecule has 2 amide bonds. The fourth-order valence-electron chi connectivity index (χ4n) is 3.48. The average molecular weight is 395 g/mol. The summed E-state index contributed by atoms with van der Waals surface area (Å²) >= 11 is 0. The molecule has 0 aromatic heterocycles. The Labute approximate surface area is 175 Å². The van der Waals surface area contributed by atoms with Crippen molar-refractivity contribution in [2.24, 2.45) is 5.41 Å². The smallest absolute Gasteiger partial charge is 0.227 e. The van der Waals surface area contributed by atoms with E-state index >= 15 is 0 Å². The summed E-state index contributed by atoms with van der Waals surface area (Å²) in [6.45, 7) is 9.18. The summed E-state index contributed by atoms with van der Waals surface area (Å²) in [7, 11) is 0. The number of carbonyl (C=O) groups excluding carboxylic acids is 2. The van der Waals surface area contributed by atoms with Crippen molar-refractivity contribution in [1.82, 2.24) is 10.6 Å². The van der Waals surface area contributed by atoms with Crippen molar-refractivity contribution in [1.29, 1.82) is 0 Å². The molecule has 0 aliphatic heterocycles. The van der Waals surface area contributed by atoms with Crippen LogP contribution < -0.4 is 10.6 Å². The number of benzene rings is 2. The lowest BCUT2D eigenvalue weighted by molar-refractivity contribution is -0.123. The Balaban J connectivity index is 1.89. The highest BCUT2D eigenvalue weighted by atomic mass is 16.2. The summed E-state index contributed by atoms with van der Waals surface area (Å²) < 4.78 is 0. The van der Waals surface area contributed by atoms with Crippen molar-refractivity contribution in [3.8, 4) is 0 Å². The molecule has 0 saturated heterocycles. The van der Waals surface area contributed by atoms with Gasteiger partial charge in [0.2, 0.25) is 11.8 Å². The van der Waals surface area contributed by atoms with Gasteiger partial charge in [-0.1, -0.05) is 88.4 Å². The maximum atomic E-state index is 12.7. The van der Waals surface area contributed by atoms with Gasteiger partial charge in [0.15, 0.2) is 0 Å². The molecular formula is C25H34N2O2. The minimum atomic E-state index is -0.241. The Bertz CT molecular complexity index is 706. The first-order valence-electron chi connectivity index (χ1n) is 10.5. The molecule has 4 heteroatoms. The van der Waals surface area contributed by atoms with Crippen LogP contribution in [0, 0.1) is 5.41 Å². The highest BCUT2D eigenvalue weighted by Crippen LogP contribution is 2.22. The zero-order valence-electron chi connectivity index (χ0n) is 18.1. The van der Waals surface area contributed by atoms with E-state index in [1.807, 2.05) is 74.5 Å². The summed E-state index contributed by atoms with van der Waals surface area (Å²) in [6, 6.07) is 19.7. The van der Waals surface area contributed by atoms with E-state index in [9.17, 15) is 9.59 Å². The number of nitrogens with one attached hydrogen (secondary N) is 2. The second-order valence-electron chi connectivity index (χ2n) is 8.34. The molecule has 0 bridgehead atoms. The first kappa shape index (κ1) is 22.7. The quantitative estimate of drug-likeness (QED) is 0.617. The predicted molar refractivity (Wildman–Crippen MR) is 119 cm³/mol. The Morgan fingerprint density at radius 3 is 1.38 bits per heavy atom. The first-order chi connectivity index (χ1) is 13.9. The summed E-state index contributed by atoms with van der Waals surface area (Å²) in [4.78, 5) is 25.4. The fourth-order valence-corrected chi connectivity index (χ4v) is 3.48. The molecular weight excluding hydrogens is 360 g/mol. The topological polar surface area (TPSA) is 58.2 Å². The number of carbonyl (C=O) groups is 2. The van der Waals surface area contributed by atoms with Crippen LogP contribution in [0.25, 0.3) is 0 Å². The van der Waals surface area contributed by atoms with Crippen molar-refractivity contribution in [2.75, 3.05) is 13.1 Å². The highest BCUT2D eigenvalue weighted by molar-refractivity contribution is 5.84.